The Morgan fingerprint density at radius 3 is 2.94 bits per heavy atom. The Morgan fingerprint density at radius 2 is 2.12 bits per heavy atom. The standard InChI is InChI=1S/C13H16N2O/c1-2-3-8-16-13-7-4-10-9-11(14)5-6-12(10)15-13/h4-7,9H,2-3,8,14H2,1H3. The number of unbranched alkanes of at least 4 members (excludes halogenated alkanes) is 1. The van der Waals surface area contributed by atoms with E-state index >= 15 is 0 Å². The maximum atomic E-state index is 5.70. The Kier molecular flexibility index (Phi) is 3.25. The second-order valence-corrected chi connectivity index (χ2v) is 3.80. The number of benzene rings is 1. The molecule has 0 amide bonds. The van der Waals surface area contributed by atoms with Crippen LogP contribution in [0.5, 0.6) is 5.88 Å². The number of fused-ring (bicyclic) bond motifs is 1. The lowest BCUT2D eigenvalue weighted by atomic mass is 10.2. The molecule has 0 unspecified atom stereocenters. The van der Waals surface area contributed by atoms with E-state index in [2.05, 4.69) is 11.9 Å². The van der Waals surface area contributed by atoms with E-state index in [0.717, 1.165) is 36.0 Å². The summed E-state index contributed by atoms with van der Waals surface area (Å²) in [5.41, 5.74) is 7.38. The molecule has 1 aromatic carbocycles. The van der Waals surface area contributed by atoms with Crippen molar-refractivity contribution in [3.05, 3.63) is 30.3 Å². The fraction of sp³-hybridized carbons (Fsp3) is 0.308. The minimum absolute atomic E-state index is 0.686. The number of pyridine rings is 1. The van der Waals surface area contributed by atoms with Gasteiger partial charge in [-0.15, -0.1) is 0 Å². The molecule has 0 atom stereocenters. The molecule has 2 rings (SSSR count). The first-order valence-corrected chi connectivity index (χ1v) is 5.58. The molecule has 84 valence electrons. The molecule has 0 aliphatic carbocycles. The van der Waals surface area contributed by atoms with Gasteiger partial charge in [-0.2, -0.15) is 0 Å². The quantitative estimate of drug-likeness (QED) is 0.631. The zero-order valence-corrected chi connectivity index (χ0v) is 9.44. The fourth-order valence-electron chi connectivity index (χ4n) is 1.53. The minimum atomic E-state index is 0.686. The molecule has 0 aliphatic heterocycles. The molecule has 3 nitrogen and oxygen atoms in total. The number of ether oxygens (including phenoxy) is 1. The molecule has 3 heteroatoms. The molecule has 0 spiro atoms. The normalized spacial score (nSPS) is 10.6. The average Bonchev–Trinajstić information content (AvgIpc) is 2.29. The van der Waals surface area contributed by atoms with Gasteiger partial charge < -0.3 is 10.5 Å². The van der Waals surface area contributed by atoms with E-state index in [4.69, 9.17) is 10.5 Å². The number of rotatable bonds is 4. The van der Waals surface area contributed by atoms with Crippen LogP contribution >= 0.6 is 0 Å². The third-order valence-electron chi connectivity index (χ3n) is 2.44. The molecule has 0 fully saturated rings. The van der Waals surface area contributed by atoms with Crippen molar-refractivity contribution >= 4 is 16.6 Å². The van der Waals surface area contributed by atoms with Gasteiger partial charge in [-0.1, -0.05) is 13.3 Å². The van der Waals surface area contributed by atoms with Gasteiger partial charge in [0.2, 0.25) is 5.88 Å². The number of anilines is 1. The number of hydrogen-bond acceptors (Lipinski definition) is 3. The van der Waals surface area contributed by atoms with Crippen LogP contribution in [0, 0.1) is 0 Å². The highest BCUT2D eigenvalue weighted by Crippen LogP contribution is 2.19. The van der Waals surface area contributed by atoms with Crippen LogP contribution in [0.3, 0.4) is 0 Å². The first-order valence-electron chi connectivity index (χ1n) is 5.58. The van der Waals surface area contributed by atoms with E-state index in [9.17, 15) is 0 Å². The molecule has 0 saturated heterocycles. The summed E-state index contributed by atoms with van der Waals surface area (Å²) in [6.45, 7) is 2.87. The summed E-state index contributed by atoms with van der Waals surface area (Å²) in [7, 11) is 0. The smallest absolute Gasteiger partial charge is 0.213 e. The Morgan fingerprint density at radius 1 is 1.25 bits per heavy atom. The molecule has 2 aromatic rings. The maximum absolute atomic E-state index is 5.70. The molecule has 16 heavy (non-hydrogen) atoms. The monoisotopic (exact) mass is 216 g/mol. The van der Waals surface area contributed by atoms with Gasteiger partial charge in [-0.3, -0.25) is 0 Å². The van der Waals surface area contributed by atoms with E-state index in [-0.39, 0.29) is 0 Å². The first kappa shape index (κ1) is 10.7. The van der Waals surface area contributed by atoms with Crippen LogP contribution < -0.4 is 10.5 Å². The fourth-order valence-corrected chi connectivity index (χ4v) is 1.53. The van der Waals surface area contributed by atoms with Crippen molar-refractivity contribution in [2.45, 2.75) is 19.8 Å². The number of hydrogen-bond donors (Lipinski definition) is 1. The highest BCUT2D eigenvalue weighted by atomic mass is 16.5. The molecular weight excluding hydrogens is 200 g/mol. The van der Waals surface area contributed by atoms with Gasteiger partial charge in [-0.25, -0.2) is 4.98 Å². The second-order valence-electron chi connectivity index (χ2n) is 3.80. The van der Waals surface area contributed by atoms with Crippen molar-refractivity contribution in [2.75, 3.05) is 12.3 Å². The summed E-state index contributed by atoms with van der Waals surface area (Å²) < 4.78 is 5.54. The predicted octanol–water partition coefficient (Wildman–Crippen LogP) is 3.00. The van der Waals surface area contributed by atoms with Gasteiger partial charge in [0.05, 0.1) is 12.1 Å². The van der Waals surface area contributed by atoms with Crippen molar-refractivity contribution < 1.29 is 4.74 Å². The van der Waals surface area contributed by atoms with Gasteiger partial charge in [-0.05, 0) is 30.7 Å². The molecule has 0 bridgehead atoms. The lowest BCUT2D eigenvalue weighted by Gasteiger charge is -2.05. The Hall–Kier alpha value is -1.77. The Bertz CT molecular complexity index is 482. The van der Waals surface area contributed by atoms with Crippen LogP contribution in [0.15, 0.2) is 30.3 Å². The summed E-state index contributed by atoms with van der Waals surface area (Å²) in [4.78, 5) is 4.41. The van der Waals surface area contributed by atoms with E-state index in [1.54, 1.807) is 0 Å². The predicted molar refractivity (Wildman–Crippen MR) is 66.6 cm³/mol. The zero-order chi connectivity index (χ0) is 11.4. The van der Waals surface area contributed by atoms with E-state index in [1.807, 2.05) is 30.3 Å². The second kappa shape index (κ2) is 4.84. The van der Waals surface area contributed by atoms with Gasteiger partial charge in [0, 0.05) is 17.1 Å². The molecule has 1 heterocycles. The Balaban J connectivity index is 2.20. The number of nitrogens with zero attached hydrogens (tertiary/aromatic N) is 1. The zero-order valence-electron chi connectivity index (χ0n) is 9.44. The summed E-state index contributed by atoms with van der Waals surface area (Å²) in [6.07, 6.45) is 2.19. The number of nitrogens with two attached hydrogens (primary N) is 1. The molecule has 0 radical (unpaired) electrons. The number of aromatic nitrogens is 1. The van der Waals surface area contributed by atoms with Crippen LogP contribution in [0.1, 0.15) is 19.8 Å². The summed E-state index contributed by atoms with van der Waals surface area (Å²) in [6, 6.07) is 9.55. The Labute approximate surface area is 95.2 Å². The average molecular weight is 216 g/mol. The van der Waals surface area contributed by atoms with Crippen LogP contribution in [0.2, 0.25) is 0 Å². The molecule has 1 aromatic heterocycles. The van der Waals surface area contributed by atoms with Gasteiger partial charge in [0.15, 0.2) is 0 Å². The van der Waals surface area contributed by atoms with Crippen molar-refractivity contribution in [2.24, 2.45) is 0 Å². The third kappa shape index (κ3) is 2.42. The van der Waals surface area contributed by atoms with Crippen molar-refractivity contribution in [1.29, 1.82) is 0 Å². The van der Waals surface area contributed by atoms with Crippen LogP contribution in [-0.2, 0) is 0 Å². The highest BCUT2D eigenvalue weighted by Gasteiger charge is 1.99. The van der Waals surface area contributed by atoms with Crippen molar-refractivity contribution in [1.82, 2.24) is 4.98 Å². The van der Waals surface area contributed by atoms with Gasteiger partial charge in [0.1, 0.15) is 0 Å². The van der Waals surface area contributed by atoms with E-state index < -0.39 is 0 Å². The topological polar surface area (TPSA) is 48.1 Å². The lowest BCUT2D eigenvalue weighted by molar-refractivity contribution is 0.299. The summed E-state index contributed by atoms with van der Waals surface area (Å²) >= 11 is 0. The van der Waals surface area contributed by atoms with E-state index in [0.29, 0.717) is 5.88 Å². The lowest BCUT2D eigenvalue weighted by Crippen LogP contribution is -1.98. The van der Waals surface area contributed by atoms with E-state index in [1.165, 1.54) is 0 Å². The minimum Gasteiger partial charge on any atom is -0.478 e. The number of nitrogen functional groups attached to an aromatic ring is 1. The maximum Gasteiger partial charge on any atom is 0.213 e. The van der Waals surface area contributed by atoms with Crippen LogP contribution in [0.4, 0.5) is 5.69 Å². The molecule has 2 N–H and O–H groups in total. The van der Waals surface area contributed by atoms with Gasteiger partial charge >= 0.3 is 0 Å². The molecule has 0 aliphatic rings. The largest absolute Gasteiger partial charge is 0.478 e. The summed E-state index contributed by atoms with van der Waals surface area (Å²) in [5.74, 6) is 0.686. The highest BCUT2D eigenvalue weighted by molar-refractivity contribution is 5.82. The third-order valence-corrected chi connectivity index (χ3v) is 2.44. The SMILES string of the molecule is CCCCOc1ccc2cc(N)ccc2n1. The van der Waals surface area contributed by atoms with Crippen molar-refractivity contribution in [3.8, 4) is 5.88 Å². The van der Waals surface area contributed by atoms with Crippen LogP contribution in [0.25, 0.3) is 10.9 Å². The van der Waals surface area contributed by atoms with Gasteiger partial charge in [0.25, 0.3) is 0 Å². The molecular formula is C13H16N2O. The van der Waals surface area contributed by atoms with Crippen LogP contribution in [-0.4, -0.2) is 11.6 Å². The van der Waals surface area contributed by atoms with Crippen molar-refractivity contribution in [3.63, 3.8) is 0 Å². The summed E-state index contributed by atoms with van der Waals surface area (Å²) in [5, 5.41) is 1.04. The molecule has 0 saturated carbocycles. The first-order chi connectivity index (χ1) is 7.79.